The van der Waals surface area contributed by atoms with E-state index < -0.39 is 9.84 Å². The van der Waals surface area contributed by atoms with Crippen molar-refractivity contribution >= 4 is 27.1 Å². The number of rotatable bonds is 3. The van der Waals surface area contributed by atoms with Crippen LogP contribution in [0.5, 0.6) is 0 Å². The van der Waals surface area contributed by atoms with E-state index in [-0.39, 0.29) is 23.5 Å². The minimum absolute atomic E-state index is 0.0261. The van der Waals surface area contributed by atoms with Crippen LogP contribution < -0.4 is 0 Å². The number of hydrogen-bond donors (Lipinski definition) is 0. The molecule has 1 aromatic heterocycles. The van der Waals surface area contributed by atoms with Crippen molar-refractivity contribution in [3.05, 3.63) is 40.2 Å². The topological polar surface area (TPSA) is 70.6 Å². The maximum absolute atomic E-state index is 13.1. The number of aryl methyl sites for hydroxylation is 1. The quantitative estimate of drug-likeness (QED) is 0.782. The first-order valence-corrected chi connectivity index (χ1v) is 11.8. The Morgan fingerprint density at radius 1 is 1.15 bits per heavy atom. The Kier molecular flexibility index (Phi) is 5.05. The Bertz CT molecular complexity index is 932. The molecule has 1 amide bonds. The molecule has 2 aromatic rings. The van der Waals surface area contributed by atoms with Gasteiger partial charge >= 0.3 is 0 Å². The Morgan fingerprint density at radius 3 is 2.48 bits per heavy atom. The second-order valence-corrected chi connectivity index (χ2v) is 10.6. The zero-order valence-corrected chi connectivity index (χ0v) is 16.9. The fraction of sp³-hybridized carbons (Fsp3) is 0.474. The van der Waals surface area contributed by atoms with E-state index in [2.05, 4.69) is 9.88 Å². The number of carbonyl (C=O) groups excluding carboxylic acids is 1. The number of benzene rings is 1. The first-order chi connectivity index (χ1) is 12.9. The van der Waals surface area contributed by atoms with Crippen LogP contribution in [0.15, 0.2) is 30.3 Å². The molecule has 0 spiro atoms. The molecule has 1 aromatic carbocycles. The lowest BCUT2D eigenvalue weighted by molar-refractivity contribution is 0.0593. The lowest BCUT2D eigenvalue weighted by atomic mass is 10.1. The van der Waals surface area contributed by atoms with Crippen LogP contribution >= 0.6 is 11.3 Å². The van der Waals surface area contributed by atoms with Crippen LogP contribution in [0.3, 0.4) is 0 Å². The molecular weight excluding hydrogens is 382 g/mol. The molecule has 2 aliphatic rings. The predicted octanol–water partition coefficient (Wildman–Crippen LogP) is 2.06. The van der Waals surface area contributed by atoms with Crippen LogP contribution in [0.2, 0.25) is 0 Å². The number of aromatic nitrogens is 1. The van der Waals surface area contributed by atoms with Crippen LogP contribution in [0.25, 0.3) is 11.3 Å². The first kappa shape index (κ1) is 18.6. The molecule has 0 radical (unpaired) electrons. The zero-order valence-electron chi connectivity index (χ0n) is 15.3. The summed E-state index contributed by atoms with van der Waals surface area (Å²) in [5.41, 5.74) is 1.72. The van der Waals surface area contributed by atoms with E-state index in [0.29, 0.717) is 24.4 Å². The molecule has 4 rings (SSSR count). The highest BCUT2D eigenvalue weighted by Gasteiger charge is 2.35. The summed E-state index contributed by atoms with van der Waals surface area (Å²) in [6, 6.07) is 9.91. The highest BCUT2D eigenvalue weighted by molar-refractivity contribution is 7.91. The summed E-state index contributed by atoms with van der Waals surface area (Å²) in [5, 5.41) is 0.881. The van der Waals surface area contributed by atoms with E-state index in [1.165, 1.54) is 11.3 Å². The molecule has 2 saturated heterocycles. The number of hydrogen-bond acceptors (Lipinski definition) is 6. The predicted molar refractivity (Wildman–Crippen MR) is 107 cm³/mol. The molecule has 0 saturated carbocycles. The van der Waals surface area contributed by atoms with E-state index >= 15 is 0 Å². The number of thiazole rings is 1. The van der Waals surface area contributed by atoms with Crippen LogP contribution in [-0.2, 0) is 9.84 Å². The second-order valence-electron chi connectivity index (χ2n) is 7.16. The number of amides is 1. The van der Waals surface area contributed by atoms with Crippen LogP contribution in [0, 0.1) is 6.92 Å². The van der Waals surface area contributed by atoms with Crippen molar-refractivity contribution < 1.29 is 13.2 Å². The van der Waals surface area contributed by atoms with Gasteiger partial charge in [-0.3, -0.25) is 9.69 Å². The number of carbonyl (C=O) groups is 1. The van der Waals surface area contributed by atoms with Crippen LogP contribution in [0.1, 0.15) is 21.1 Å². The molecule has 3 heterocycles. The Morgan fingerprint density at radius 2 is 1.85 bits per heavy atom. The van der Waals surface area contributed by atoms with Gasteiger partial charge in [0.05, 0.1) is 22.2 Å². The Labute approximate surface area is 163 Å². The van der Waals surface area contributed by atoms with Gasteiger partial charge < -0.3 is 4.90 Å². The van der Waals surface area contributed by atoms with Crippen LogP contribution in [0.4, 0.5) is 0 Å². The summed E-state index contributed by atoms with van der Waals surface area (Å²) in [6.07, 6.45) is 0.711. The van der Waals surface area contributed by atoms with Crippen molar-refractivity contribution in [2.75, 3.05) is 37.7 Å². The van der Waals surface area contributed by atoms with E-state index in [9.17, 15) is 13.2 Å². The summed E-state index contributed by atoms with van der Waals surface area (Å²) < 4.78 is 23.4. The Hall–Kier alpha value is -1.77. The van der Waals surface area contributed by atoms with Gasteiger partial charge in [-0.05, 0) is 13.3 Å². The van der Waals surface area contributed by atoms with Gasteiger partial charge in [0.15, 0.2) is 9.84 Å². The van der Waals surface area contributed by atoms with E-state index in [0.717, 1.165) is 29.4 Å². The standard InChI is InChI=1S/C19H23N3O3S2/c1-14-20-17(15-5-3-2-4-6-15)18(26-14)19(23)22-10-8-21(9-11-22)16-7-12-27(24,25)13-16/h2-6,16H,7-13H2,1H3. The van der Waals surface area contributed by atoms with Gasteiger partial charge in [-0.15, -0.1) is 11.3 Å². The molecule has 144 valence electrons. The van der Waals surface area contributed by atoms with E-state index in [1.807, 2.05) is 42.2 Å². The average Bonchev–Trinajstić information content (AvgIpc) is 3.24. The smallest absolute Gasteiger partial charge is 0.266 e. The van der Waals surface area contributed by atoms with Crippen molar-refractivity contribution in [2.45, 2.75) is 19.4 Å². The molecular formula is C19H23N3O3S2. The van der Waals surface area contributed by atoms with Gasteiger partial charge in [0.25, 0.3) is 5.91 Å². The van der Waals surface area contributed by atoms with Gasteiger partial charge in [-0.1, -0.05) is 30.3 Å². The van der Waals surface area contributed by atoms with Crippen molar-refractivity contribution in [3.63, 3.8) is 0 Å². The maximum Gasteiger partial charge on any atom is 0.266 e. The molecule has 0 N–H and O–H groups in total. The molecule has 0 aliphatic carbocycles. The number of nitrogens with zero attached hydrogens (tertiary/aromatic N) is 3. The average molecular weight is 406 g/mol. The highest BCUT2D eigenvalue weighted by Crippen LogP contribution is 2.29. The molecule has 1 atom stereocenters. The van der Waals surface area contributed by atoms with Crippen molar-refractivity contribution in [1.82, 2.24) is 14.8 Å². The monoisotopic (exact) mass is 405 g/mol. The molecule has 27 heavy (non-hydrogen) atoms. The minimum Gasteiger partial charge on any atom is -0.335 e. The molecule has 0 bridgehead atoms. The van der Waals surface area contributed by atoms with Gasteiger partial charge in [0, 0.05) is 37.8 Å². The summed E-state index contributed by atoms with van der Waals surface area (Å²) in [6.45, 7) is 4.63. The fourth-order valence-corrected chi connectivity index (χ4v) is 6.53. The largest absolute Gasteiger partial charge is 0.335 e. The molecule has 8 heteroatoms. The lowest BCUT2D eigenvalue weighted by Gasteiger charge is -2.37. The van der Waals surface area contributed by atoms with E-state index in [1.54, 1.807) is 0 Å². The summed E-state index contributed by atoms with van der Waals surface area (Å²) in [4.78, 5) is 22.5. The molecule has 2 aliphatic heterocycles. The van der Waals surface area contributed by atoms with Crippen LogP contribution in [-0.4, -0.2) is 72.8 Å². The first-order valence-electron chi connectivity index (χ1n) is 9.19. The lowest BCUT2D eigenvalue weighted by Crippen LogP contribution is -2.52. The fourth-order valence-electron chi connectivity index (χ4n) is 3.86. The third-order valence-corrected chi connectivity index (χ3v) is 8.01. The molecule has 6 nitrogen and oxygen atoms in total. The minimum atomic E-state index is -2.88. The zero-order chi connectivity index (χ0) is 19.0. The molecule has 1 unspecified atom stereocenters. The van der Waals surface area contributed by atoms with Crippen molar-refractivity contribution in [3.8, 4) is 11.3 Å². The normalized spacial score (nSPS) is 22.9. The SMILES string of the molecule is Cc1nc(-c2ccccc2)c(C(=O)N2CCN(C3CCS(=O)(=O)C3)CC2)s1. The van der Waals surface area contributed by atoms with Crippen molar-refractivity contribution in [2.24, 2.45) is 0 Å². The summed E-state index contributed by atoms with van der Waals surface area (Å²) >= 11 is 1.44. The van der Waals surface area contributed by atoms with Gasteiger partial charge in [-0.2, -0.15) is 0 Å². The highest BCUT2D eigenvalue weighted by atomic mass is 32.2. The third-order valence-electron chi connectivity index (χ3n) is 5.30. The second kappa shape index (κ2) is 7.33. The number of sulfone groups is 1. The Balaban J connectivity index is 1.46. The summed E-state index contributed by atoms with van der Waals surface area (Å²) in [7, 11) is -2.88. The molecule has 2 fully saturated rings. The maximum atomic E-state index is 13.1. The van der Waals surface area contributed by atoms with E-state index in [4.69, 9.17) is 0 Å². The van der Waals surface area contributed by atoms with Gasteiger partial charge in [0.2, 0.25) is 0 Å². The summed E-state index contributed by atoms with van der Waals surface area (Å²) in [5.74, 6) is 0.572. The number of piperazine rings is 1. The third kappa shape index (κ3) is 3.93. The van der Waals surface area contributed by atoms with Gasteiger partial charge in [-0.25, -0.2) is 13.4 Å². The van der Waals surface area contributed by atoms with Gasteiger partial charge in [0.1, 0.15) is 4.88 Å². The van der Waals surface area contributed by atoms with Crippen molar-refractivity contribution in [1.29, 1.82) is 0 Å².